The van der Waals surface area contributed by atoms with Crippen LogP contribution in [-0.4, -0.2) is 23.0 Å². The molecule has 1 aliphatic rings. The van der Waals surface area contributed by atoms with Crippen molar-refractivity contribution < 1.29 is 27.9 Å². The molecule has 7 heteroatoms. The smallest absolute Gasteiger partial charge is 0.410 e. The zero-order valence-electron chi connectivity index (χ0n) is 12.1. The van der Waals surface area contributed by atoms with Gasteiger partial charge in [0.1, 0.15) is 0 Å². The van der Waals surface area contributed by atoms with Gasteiger partial charge < -0.3 is 5.11 Å². The lowest BCUT2D eigenvalue weighted by atomic mass is 9.82. The van der Waals surface area contributed by atoms with Crippen LogP contribution in [0.4, 0.5) is 13.2 Å². The largest absolute Gasteiger partial charge is 0.478 e. The highest BCUT2D eigenvalue weighted by atomic mass is 35.5. The number of ketones is 1. The maximum atomic E-state index is 12.3. The summed E-state index contributed by atoms with van der Waals surface area (Å²) in [5.41, 5.74) is -1.14. The number of carboxylic acid groups (broad SMARTS) is 1. The second kappa shape index (κ2) is 6.12. The van der Waals surface area contributed by atoms with Crippen LogP contribution < -0.4 is 0 Å². The number of allylic oxidation sites excluding steroid dienone is 6. The third-order valence-electron chi connectivity index (χ3n) is 2.78. The number of hydrogen-bond donors (Lipinski definition) is 1. The third-order valence-corrected chi connectivity index (χ3v) is 3.10. The Bertz CT molecular complexity index is 629. The van der Waals surface area contributed by atoms with Crippen LogP contribution in [0.3, 0.4) is 0 Å². The first-order chi connectivity index (χ1) is 9.81. The van der Waals surface area contributed by atoms with E-state index in [1.807, 2.05) is 20.8 Å². The van der Waals surface area contributed by atoms with Crippen LogP contribution in [0, 0.1) is 5.41 Å². The Morgan fingerprint density at radius 1 is 1.23 bits per heavy atom. The quantitative estimate of drug-likeness (QED) is 0.771. The Hall–Kier alpha value is -1.82. The van der Waals surface area contributed by atoms with Crippen LogP contribution in [0.25, 0.3) is 0 Å². The summed E-state index contributed by atoms with van der Waals surface area (Å²) in [4.78, 5) is 22.8. The number of halogens is 4. The van der Waals surface area contributed by atoms with E-state index in [-0.39, 0.29) is 16.7 Å². The number of carboxylic acids is 1. The van der Waals surface area contributed by atoms with Gasteiger partial charge in [0.25, 0.3) is 0 Å². The van der Waals surface area contributed by atoms with Gasteiger partial charge in [-0.1, -0.05) is 32.4 Å². The van der Waals surface area contributed by atoms with E-state index in [2.05, 4.69) is 0 Å². The number of carbonyl (C=O) groups is 2. The molecule has 0 saturated carbocycles. The summed E-state index contributed by atoms with van der Waals surface area (Å²) in [6, 6.07) is 0. The van der Waals surface area contributed by atoms with Gasteiger partial charge in [-0.05, 0) is 29.2 Å². The lowest BCUT2D eigenvalue weighted by molar-refractivity contribution is -0.133. The van der Waals surface area contributed by atoms with Gasteiger partial charge in [0, 0.05) is 16.7 Å². The average Bonchev–Trinajstić information content (AvgIpc) is 2.29. The number of alkyl halides is 3. The molecule has 0 fully saturated rings. The molecular weight excluding hydrogens is 321 g/mol. The van der Waals surface area contributed by atoms with Gasteiger partial charge in [0.05, 0.1) is 5.57 Å². The van der Waals surface area contributed by atoms with Gasteiger partial charge >= 0.3 is 12.1 Å². The van der Waals surface area contributed by atoms with Crippen molar-refractivity contribution in [2.45, 2.75) is 26.9 Å². The van der Waals surface area contributed by atoms with Crippen molar-refractivity contribution in [3.8, 4) is 0 Å². The van der Waals surface area contributed by atoms with Crippen LogP contribution in [-0.2, 0) is 9.59 Å². The van der Waals surface area contributed by atoms with Crippen molar-refractivity contribution in [1.82, 2.24) is 0 Å². The van der Waals surface area contributed by atoms with Crippen molar-refractivity contribution in [3.63, 3.8) is 0 Å². The van der Waals surface area contributed by atoms with Gasteiger partial charge in [0.15, 0.2) is 5.78 Å². The Balaban J connectivity index is 3.30. The van der Waals surface area contributed by atoms with Crippen LogP contribution in [0.5, 0.6) is 0 Å². The Morgan fingerprint density at radius 3 is 2.18 bits per heavy atom. The van der Waals surface area contributed by atoms with E-state index in [4.69, 9.17) is 16.7 Å². The topological polar surface area (TPSA) is 54.4 Å². The SMILES string of the molecule is CC(C)(C)C1=CC(=O)/C(=C\C(=CC(F)(F)F)C(=O)O)C=C1Cl. The molecule has 0 aromatic carbocycles. The standard InChI is InChI=1S/C15H14ClF3O3/c1-14(2,3)10-6-12(20)8(5-11(10)16)4-9(13(21)22)7-15(17,18)19/h4-7H,1-3H3,(H,21,22)/b8-4-,9-7?. The van der Waals surface area contributed by atoms with Crippen LogP contribution >= 0.6 is 11.6 Å². The van der Waals surface area contributed by atoms with E-state index in [0.717, 1.165) is 0 Å². The summed E-state index contributed by atoms with van der Waals surface area (Å²) in [5, 5.41) is 9.00. The molecule has 3 nitrogen and oxygen atoms in total. The fraction of sp³-hybridized carbons (Fsp3) is 0.333. The van der Waals surface area contributed by atoms with Crippen molar-refractivity contribution in [2.24, 2.45) is 5.41 Å². The molecule has 0 atom stereocenters. The summed E-state index contributed by atoms with van der Waals surface area (Å²) in [5.74, 6) is -2.38. The summed E-state index contributed by atoms with van der Waals surface area (Å²) in [6.45, 7) is 5.47. The van der Waals surface area contributed by atoms with Crippen molar-refractivity contribution in [3.05, 3.63) is 46.1 Å². The number of hydrogen-bond acceptors (Lipinski definition) is 2. The van der Waals surface area contributed by atoms with E-state index >= 15 is 0 Å². The minimum absolute atomic E-state index is 0.190. The third kappa shape index (κ3) is 4.87. The highest BCUT2D eigenvalue weighted by Crippen LogP contribution is 2.37. The van der Waals surface area contributed by atoms with E-state index in [1.54, 1.807) is 0 Å². The Kier molecular flexibility index (Phi) is 5.07. The summed E-state index contributed by atoms with van der Waals surface area (Å²) in [6.07, 6.45) is -2.13. The Labute approximate surface area is 130 Å². The first-order valence-corrected chi connectivity index (χ1v) is 6.58. The second-order valence-corrected chi connectivity index (χ2v) is 6.12. The van der Waals surface area contributed by atoms with Gasteiger partial charge in [-0.3, -0.25) is 4.79 Å². The van der Waals surface area contributed by atoms with E-state index in [9.17, 15) is 22.8 Å². The molecule has 1 N–H and O–H groups in total. The maximum Gasteiger partial charge on any atom is 0.410 e. The molecule has 0 spiro atoms. The monoisotopic (exact) mass is 334 g/mol. The molecule has 0 bridgehead atoms. The highest BCUT2D eigenvalue weighted by Gasteiger charge is 2.28. The molecule has 22 heavy (non-hydrogen) atoms. The van der Waals surface area contributed by atoms with Crippen molar-refractivity contribution in [2.75, 3.05) is 0 Å². The van der Waals surface area contributed by atoms with Gasteiger partial charge in [-0.2, -0.15) is 13.2 Å². The van der Waals surface area contributed by atoms with Gasteiger partial charge in [-0.25, -0.2) is 4.79 Å². The lowest BCUT2D eigenvalue weighted by Crippen LogP contribution is -2.16. The zero-order chi connectivity index (χ0) is 17.3. The maximum absolute atomic E-state index is 12.3. The molecule has 0 heterocycles. The van der Waals surface area contributed by atoms with Crippen LogP contribution in [0.1, 0.15) is 20.8 Å². The normalized spacial score (nSPS) is 19.1. The molecule has 0 radical (unpaired) electrons. The van der Waals surface area contributed by atoms with E-state index in [0.29, 0.717) is 11.6 Å². The number of aliphatic carboxylic acids is 1. The minimum Gasteiger partial charge on any atom is -0.478 e. The summed E-state index contributed by atoms with van der Waals surface area (Å²) < 4.78 is 36.9. The van der Waals surface area contributed by atoms with E-state index in [1.165, 1.54) is 12.2 Å². The first kappa shape index (κ1) is 18.2. The average molecular weight is 335 g/mol. The van der Waals surface area contributed by atoms with Gasteiger partial charge in [0.2, 0.25) is 0 Å². The second-order valence-electron chi connectivity index (χ2n) is 5.71. The van der Waals surface area contributed by atoms with Crippen LogP contribution in [0.2, 0.25) is 0 Å². The molecule has 0 aromatic rings. The summed E-state index contributed by atoms with van der Waals surface area (Å²) >= 11 is 6.03. The molecule has 0 unspecified atom stereocenters. The fourth-order valence-corrected chi connectivity index (χ4v) is 2.22. The summed E-state index contributed by atoms with van der Waals surface area (Å²) in [7, 11) is 0. The number of rotatable bonds is 2. The molecule has 1 rings (SSSR count). The Morgan fingerprint density at radius 2 is 1.77 bits per heavy atom. The molecule has 120 valence electrons. The molecule has 0 saturated heterocycles. The first-order valence-electron chi connectivity index (χ1n) is 6.20. The predicted octanol–water partition coefficient (Wildman–Crippen LogP) is 4.16. The van der Waals surface area contributed by atoms with Crippen molar-refractivity contribution >= 4 is 23.4 Å². The van der Waals surface area contributed by atoms with E-state index < -0.39 is 28.9 Å². The molecular formula is C15H14ClF3O3. The molecule has 0 aromatic heterocycles. The highest BCUT2D eigenvalue weighted by molar-refractivity contribution is 6.34. The minimum atomic E-state index is -4.80. The van der Waals surface area contributed by atoms with Gasteiger partial charge in [-0.15, -0.1) is 0 Å². The molecule has 1 aliphatic carbocycles. The van der Waals surface area contributed by atoms with Crippen molar-refractivity contribution in [1.29, 1.82) is 0 Å². The number of carbonyl (C=O) groups excluding carboxylic acids is 1. The lowest BCUT2D eigenvalue weighted by Gasteiger charge is -2.25. The predicted molar refractivity (Wildman–Crippen MR) is 76.3 cm³/mol. The van der Waals surface area contributed by atoms with Crippen LogP contribution in [0.15, 0.2) is 46.1 Å². The molecule has 0 amide bonds. The molecule has 0 aliphatic heterocycles. The fourth-order valence-electron chi connectivity index (χ4n) is 1.77. The zero-order valence-corrected chi connectivity index (χ0v) is 12.8.